The molecule has 2 N–H and O–H groups in total. The lowest BCUT2D eigenvalue weighted by Crippen LogP contribution is -2.44. The molecule has 1 aliphatic rings. The fraction of sp³-hybridized carbons (Fsp3) is 0.344. The number of hydrogen-bond acceptors (Lipinski definition) is 7. The molecule has 5 rings (SSSR count). The Morgan fingerprint density at radius 1 is 0.881 bits per heavy atom. The zero-order valence-corrected chi connectivity index (χ0v) is 24.0. The Balaban J connectivity index is 1.24. The van der Waals surface area contributed by atoms with Crippen LogP contribution in [0.15, 0.2) is 72.8 Å². The van der Waals surface area contributed by atoms with Crippen molar-refractivity contribution in [2.24, 2.45) is 0 Å². The predicted molar refractivity (Wildman–Crippen MR) is 158 cm³/mol. The summed E-state index contributed by atoms with van der Waals surface area (Å²) in [5.41, 5.74) is 5.01. The molecule has 1 aliphatic carbocycles. The molecule has 1 atom stereocenters. The monoisotopic (exact) mass is 569 g/mol. The van der Waals surface area contributed by atoms with Crippen molar-refractivity contribution in [1.29, 1.82) is 0 Å². The van der Waals surface area contributed by atoms with Gasteiger partial charge in [-0.15, -0.1) is 5.10 Å². The number of para-hydroxylation sites is 1. The first kappa shape index (κ1) is 28.8. The zero-order chi connectivity index (χ0) is 29.7. The van der Waals surface area contributed by atoms with Crippen LogP contribution in [0.2, 0.25) is 0 Å². The number of unbranched alkanes of at least 4 members (excludes halogenated alkanes) is 1. The molecule has 42 heavy (non-hydrogen) atoms. The molecular formula is C32H35N5O5. The Hall–Kier alpha value is -4.73. The van der Waals surface area contributed by atoms with Gasteiger partial charge < -0.3 is 20.1 Å². The van der Waals surface area contributed by atoms with Crippen LogP contribution in [0.1, 0.15) is 61.9 Å². The van der Waals surface area contributed by atoms with E-state index in [1.54, 1.807) is 39.0 Å². The fourth-order valence-corrected chi connectivity index (χ4v) is 5.20. The van der Waals surface area contributed by atoms with Gasteiger partial charge in [-0.1, -0.05) is 65.9 Å². The van der Waals surface area contributed by atoms with E-state index in [-0.39, 0.29) is 12.5 Å². The number of benzene rings is 3. The highest BCUT2D eigenvalue weighted by Gasteiger charge is 2.30. The van der Waals surface area contributed by atoms with Crippen LogP contribution in [0, 0.1) is 0 Å². The molecule has 0 bridgehead atoms. The van der Waals surface area contributed by atoms with E-state index < -0.39 is 29.7 Å². The minimum Gasteiger partial charge on any atom is -0.449 e. The van der Waals surface area contributed by atoms with Crippen molar-refractivity contribution in [3.05, 3.63) is 83.9 Å². The maximum absolute atomic E-state index is 13.6. The van der Waals surface area contributed by atoms with E-state index in [4.69, 9.17) is 9.47 Å². The third-order valence-corrected chi connectivity index (χ3v) is 7.08. The molecule has 1 heterocycles. The van der Waals surface area contributed by atoms with Gasteiger partial charge in [0.25, 0.3) is 5.91 Å². The van der Waals surface area contributed by atoms with Crippen molar-refractivity contribution in [1.82, 2.24) is 25.6 Å². The number of alkyl carbamates (subject to hydrolysis) is 2. The lowest BCUT2D eigenvalue weighted by atomic mass is 9.98. The molecule has 10 heteroatoms. The highest BCUT2D eigenvalue weighted by Crippen LogP contribution is 2.44. The molecule has 218 valence electrons. The summed E-state index contributed by atoms with van der Waals surface area (Å²) in [5.74, 6) is -0.521. The highest BCUT2D eigenvalue weighted by atomic mass is 16.6. The summed E-state index contributed by atoms with van der Waals surface area (Å²) < 4.78 is 12.2. The van der Waals surface area contributed by atoms with Crippen molar-refractivity contribution in [3.8, 4) is 11.1 Å². The number of rotatable bonds is 9. The molecule has 2 amide bonds. The number of amides is 2. The summed E-state index contributed by atoms with van der Waals surface area (Å²) in [6.07, 6.45) is 0.246. The Morgan fingerprint density at radius 2 is 1.52 bits per heavy atom. The molecule has 0 radical (unpaired) electrons. The zero-order valence-electron chi connectivity index (χ0n) is 24.0. The van der Waals surface area contributed by atoms with E-state index in [1.807, 2.05) is 30.3 Å². The van der Waals surface area contributed by atoms with Crippen LogP contribution in [0.5, 0.6) is 0 Å². The first-order chi connectivity index (χ1) is 20.2. The number of nitrogens with zero attached hydrogens (tertiary/aromatic N) is 3. The number of carbonyl (C=O) groups excluding carboxylic acids is 3. The van der Waals surface area contributed by atoms with Gasteiger partial charge in [-0.05, 0) is 74.4 Å². The molecule has 10 nitrogen and oxygen atoms in total. The second-order valence-electron chi connectivity index (χ2n) is 11.3. The maximum Gasteiger partial charge on any atom is 0.407 e. The quantitative estimate of drug-likeness (QED) is 0.249. The smallest absolute Gasteiger partial charge is 0.407 e. The lowest BCUT2D eigenvalue weighted by molar-refractivity contribution is 0.0526. The minimum absolute atomic E-state index is 0.101. The van der Waals surface area contributed by atoms with Gasteiger partial charge in [-0.25, -0.2) is 9.59 Å². The topological polar surface area (TPSA) is 124 Å². The molecule has 3 aromatic carbocycles. The molecule has 0 aliphatic heterocycles. The summed E-state index contributed by atoms with van der Waals surface area (Å²) in [4.78, 5) is 38.6. The van der Waals surface area contributed by atoms with Gasteiger partial charge in [0, 0.05) is 12.5 Å². The van der Waals surface area contributed by atoms with Crippen molar-refractivity contribution in [3.63, 3.8) is 0 Å². The fourth-order valence-electron chi connectivity index (χ4n) is 5.20. The van der Waals surface area contributed by atoms with E-state index in [0.29, 0.717) is 36.8 Å². The Kier molecular flexibility index (Phi) is 8.51. The van der Waals surface area contributed by atoms with Crippen molar-refractivity contribution in [2.75, 3.05) is 13.2 Å². The van der Waals surface area contributed by atoms with Gasteiger partial charge in [0.1, 0.15) is 23.8 Å². The molecule has 0 unspecified atom stereocenters. The molecular weight excluding hydrogens is 534 g/mol. The van der Waals surface area contributed by atoms with Gasteiger partial charge in [0.2, 0.25) is 0 Å². The number of nitrogens with one attached hydrogen (secondary N) is 2. The molecule has 0 saturated carbocycles. The highest BCUT2D eigenvalue weighted by molar-refractivity contribution is 5.93. The van der Waals surface area contributed by atoms with E-state index in [2.05, 4.69) is 45.2 Å². The number of carbonyl (C=O) groups is 3. The van der Waals surface area contributed by atoms with Crippen molar-refractivity contribution >= 4 is 29.1 Å². The van der Waals surface area contributed by atoms with Gasteiger partial charge >= 0.3 is 12.2 Å². The SMILES string of the molecule is CC(C)(C)OC(=O)NCCCC[C@H](NC(=O)OCC1c2ccccc2-c2ccccc21)C(=O)n1nnc2ccccc21. The van der Waals surface area contributed by atoms with E-state index in [0.717, 1.165) is 22.3 Å². The molecule has 4 aromatic rings. The van der Waals surface area contributed by atoms with Crippen LogP contribution in [0.4, 0.5) is 9.59 Å². The standard InChI is InChI=1S/C32H35N5O5/c1-32(2,3)42-30(39)33-19-11-10-17-27(29(38)37-28-18-9-8-16-26(28)35-36-37)34-31(40)41-20-25-23-14-6-4-12-21(23)22-13-5-7-15-24(22)25/h4-9,12-16,18,25,27H,10-11,17,19-20H2,1-3H3,(H,33,39)(H,34,40)/t27-/m0/s1. The Bertz CT molecular complexity index is 1550. The average molecular weight is 570 g/mol. The van der Waals surface area contributed by atoms with Crippen LogP contribution in [-0.4, -0.2) is 57.9 Å². The van der Waals surface area contributed by atoms with Crippen molar-refractivity contribution in [2.45, 2.75) is 57.6 Å². The Labute approximate surface area is 244 Å². The third-order valence-electron chi connectivity index (χ3n) is 7.08. The summed E-state index contributed by atoms with van der Waals surface area (Å²) in [5, 5.41) is 13.6. The van der Waals surface area contributed by atoms with Crippen LogP contribution in [-0.2, 0) is 9.47 Å². The first-order valence-electron chi connectivity index (χ1n) is 14.1. The van der Waals surface area contributed by atoms with Gasteiger partial charge in [0.15, 0.2) is 0 Å². The second kappa shape index (κ2) is 12.4. The summed E-state index contributed by atoms with van der Waals surface area (Å²) in [7, 11) is 0. The normalized spacial score (nSPS) is 13.2. The molecule has 0 saturated heterocycles. The molecule has 0 spiro atoms. The summed E-state index contributed by atoms with van der Waals surface area (Å²) in [6, 6.07) is 22.4. The second-order valence-corrected chi connectivity index (χ2v) is 11.3. The minimum atomic E-state index is -0.910. The van der Waals surface area contributed by atoms with E-state index in [9.17, 15) is 14.4 Å². The van der Waals surface area contributed by atoms with E-state index in [1.165, 1.54) is 4.68 Å². The van der Waals surface area contributed by atoms with E-state index >= 15 is 0 Å². The van der Waals surface area contributed by atoms with Crippen LogP contribution < -0.4 is 10.6 Å². The molecule has 0 fully saturated rings. The largest absolute Gasteiger partial charge is 0.449 e. The summed E-state index contributed by atoms with van der Waals surface area (Å²) >= 11 is 0. The van der Waals surface area contributed by atoms with Gasteiger partial charge in [-0.3, -0.25) is 4.79 Å². The summed E-state index contributed by atoms with van der Waals surface area (Å²) in [6.45, 7) is 5.89. The van der Waals surface area contributed by atoms with Gasteiger partial charge in [-0.2, -0.15) is 4.68 Å². The van der Waals surface area contributed by atoms with Crippen LogP contribution >= 0.6 is 0 Å². The maximum atomic E-state index is 13.6. The number of fused-ring (bicyclic) bond motifs is 4. The predicted octanol–water partition coefficient (Wildman–Crippen LogP) is 5.67. The number of aromatic nitrogens is 3. The third kappa shape index (κ3) is 6.59. The van der Waals surface area contributed by atoms with Crippen molar-refractivity contribution < 1.29 is 23.9 Å². The Morgan fingerprint density at radius 3 is 2.21 bits per heavy atom. The number of ether oxygens (including phenoxy) is 2. The molecule has 1 aromatic heterocycles. The van der Waals surface area contributed by atoms with Crippen LogP contribution in [0.3, 0.4) is 0 Å². The average Bonchev–Trinajstić information content (AvgIpc) is 3.53. The van der Waals surface area contributed by atoms with Crippen LogP contribution in [0.25, 0.3) is 22.2 Å². The first-order valence-corrected chi connectivity index (χ1v) is 14.1. The number of hydrogen-bond donors (Lipinski definition) is 2. The van der Waals surface area contributed by atoms with Gasteiger partial charge in [0.05, 0.1) is 5.52 Å². The lowest BCUT2D eigenvalue weighted by Gasteiger charge is -2.20.